The maximum Gasteiger partial charge on any atom is 0.339 e. The Morgan fingerprint density at radius 2 is 2.21 bits per heavy atom. The van der Waals surface area contributed by atoms with Crippen LogP contribution in [0.25, 0.3) is 0 Å². The van der Waals surface area contributed by atoms with E-state index >= 15 is 0 Å². The summed E-state index contributed by atoms with van der Waals surface area (Å²) in [6.45, 7) is 1.61. The van der Waals surface area contributed by atoms with Crippen LogP contribution in [0.5, 0.6) is 11.5 Å². The van der Waals surface area contributed by atoms with E-state index in [1.807, 2.05) is 0 Å². The lowest BCUT2D eigenvalue weighted by molar-refractivity contribution is -0.386. The molecule has 0 atom stereocenters. The number of alkyl halides is 1. The minimum atomic E-state index is -1.24. The average molecular weight is 334 g/mol. The van der Waals surface area contributed by atoms with E-state index in [0.29, 0.717) is 5.33 Å². The molecule has 1 rings (SSSR count). The zero-order chi connectivity index (χ0) is 14.6. The number of nitrogens with zero attached hydrogens (tertiary/aromatic N) is 1. The number of hydrogen-bond acceptors (Lipinski definition) is 5. The Kier molecular flexibility index (Phi) is 5.11. The number of carbonyl (C=O) groups is 1. The van der Waals surface area contributed by atoms with Crippen LogP contribution in [0.15, 0.2) is 6.07 Å². The standard InChI is InChI=1S/C11H12BrNO6/c1-6-9(13(16)17)8(19-4-3-12)5-7(11(14)15)10(6)18-2/h5H,3-4H2,1-2H3,(H,14,15). The molecule has 0 heterocycles. The van der Waals surface area contributed by atoms with Crippen LogP contribution in [-0.2, 0) is 0 Å². The summed E-state index contributed by atoms with van der Waals surface area (Å²) in [5, 5.41) is 20.6. The molecular weight excluding hydrogens is 322 g/mol. The van der Waals surface area contributed by atoms with E-state index in [9.17, 15) is 14.9 Å². The molecule has 0 aliphatic carbocycles. The average Bonchev–Trinajstić information content (AvgIpc) is 2.34. The predicted molar refractivity (Wildman–Crippen MR) is 70.6 cm³/mol. The molecule has 0 fully saturated rings. The molecule has 0 unspecified atom stereocenters. The fourth-order valence-corrected chi connectivity index (χ4v) is 1.83. The maximum atomic E-state index is 11.1. The normalized spacial score (nSPS) is 10.1. The van der Waals surface area contributed by atoms with Crippen molar-refractivity contribution in [1.29, 1.82) is 0 Å². The van der Waals surface area contributed by atoms with E-state index < -0.39 is 10.9 Å². The smallest absolute Gasteiger partial charge is 0.339 e. The highest BCUT2D eigenvalue weighted by atomic mass is 79.9. The van der Waals surface area contributed by atoms with Gasteiger partial charge in [0.1, 0.15) is 11.3 Å². The molecule has 0 saturated carbocycles. The largest absolute Gasteiger partial charge is 0.495 e. The quantitative estimate of drug-likeness (QED) is 0.487. The second kappa shape index (κ2) is 6.37. The highest BCUT2D eigenvalue weighted by Crippen LogP contribution is 2.39. The topological polar surface area (TPSA) is 98.9 Å². The van der Waals surface area contributed by atoms with Gasteiger partial charge in [0.15, 0.2) is 5.75 Å². The monoisotopic (exact) mass is 333 g/mol. The number of nitro groups is 1. The van der Waals surface area contributed by atoms with Crippen molar-refractivity contribution in [2.24, 2.45) is 0 Å². The van der Waals surface area contributed by atoms with Gasteiger partial charge in [-0.3, -0.25) is 10.1 Å². The lowest BCUT2D eigenvalue weighted by Gasteiger charge is -2.13. The van der Waals surface area contributed by atoms with Gasteiger partial charge in [0.2, 0.25) is 0 Å². The van der Waals surface area contributed by atoms with Crippen LogP contribution in [0.4, 0.5) is 5.69 Å². The third-order valence-electron chi connectivity index (χ3n) is 2.40. The number of benzene rings is 1. The van der Waals surface area contributed by atoms with Crippen LogP contribution >= 0.6 is 15.9 Å². The molecule has 7 nitrogen and oxygen atoms in total. The molecule has 0 aliphatic rings. The number of ether oxygens (including phenoxy) is 2. The Balaban J connectivity index is 3.52. The van der Waals surface area contributed by atoms with Gasteiger partial charge in [-0.1, -0.05) is 15.9 Å². The molecule has 0 radical (unpaired) electrons. The van der Waals surface area contributed by atoms with Gasteiger partial charge in [-0.2, -0.15) is 0 Å². The van der Waals surface area contributed by atoms with Gasteiger partial charge in [-0.05, 0) is 6.92 Å². The summed E-state index contributed by atoms with van der Waals surface area (Å²) in [4.78, 5) is 21.6. The highest BCUT2D eigenvalue weighted by Gasteiger charge is 2.27. The van der Waals surface area contributed by atoms with Gasteiger partial charge in [-0.15, -0.1) is 0 Å². The zero-order valence-corrected chi connectivity index (χ0v) is 11.9. The molecule has 0 aromatic heterocycles. The van der Waals surface area contributed by atoms with Crippen molar-refractivity contribution in [3.63, 3.8) is 0 Å². The van der Waals surface area contributed by atoms with Crippen LogP contribution in [-0.4, -0.2) is 35.0 Å². The van der Waals surface area contributed by atoms with Crippen molar-refractivity contribution in [2.45, 2.75) is 6.92 Å². The number of carboxylic acids is 1. The summed E-state index contributed by atoms with van der Waals surface area (Å²) in [5.74, 6) is -1.36. The van der Waals surface area contributed by atoms with Crippen molar-refractivity contribution < 1.29 is 24.3 Å². The van der Waals surface area contributed by atoms with Crippen LogP contribution < -0.4 is 9.47 Å². The lowest BCUT2D eigenvalue weighted by atomic mass is 10.1. The number of aromatic carboxylic acids is 1. The summed E-state index contributed by atoms with van der Waals surface area (Å²) in [7, 11) is 1.26. The third-order valence-corrected chi connectivity index (χ3v) is 2.72. The lowest BCUT2D eigenvalue weighted by Crippen LogP contribution is -2.08. The first-order valence-corrected chi connectivity index (χ1v) is 6.34. The van der Waals surface area contributed by atoms with Gasteiger partial charge in [0, 0.05) is 11.4 Å². The molecule has 1 aromatic carbocycles. The van der Waals surface area contributed by atoms with Gasteiger partial charge >= 0.3 is 11.7 Å². The predicted octanol–water partition coefficient (Wildman–Crippen LogP) is 2.38. The molecule has 0 bridgehead atoms. The maximum absolute atomic E-state index is 11.1. The minimum Gasteiger partial charge on any atom is -0.495 e. The Hall–Kier alpha value is -1.83. The summed E-state index contributed by atoms with van der Waals surface area (Å²) in [6.07, 6.45) is 0. The molecular formula is C11H12BrNO6. The first-order chi connectivity index (χ1) is 8.93. The Morgan fingerprint density at radius 1 is 1.58 bits per heavy atom. The van der Waals surface area contributed by atoms with Crippen molar-refractivity contribution in [1.82, 2.24) is 0 Å². The zero-order valence-electron chi connectivity index (χ0n) is 10.3. The second-order valence-corrected chi connectivity index (χ2v) is 4.32. The molecule has 1 N–H and O–H groups in total. The number of rotatable bonds is 6. The van der Waals surface area contributed by atoms with E-state index in [1.54, 1.807) is 0 Å². The first kappa shape index (κ1) is 15.2. The fraction of sp³-hybridized carbons (Fsp3) is 0.364. The van der Waals surface area contributed by atoms with Crippen LogP contribution in [0.2, 0.25) is 0 Å². The SMILES string of the molecule is COc1c(C(=O)O)cc(OCCBr)c([N+](=O)[O-])c1C. The van der Waals surface area contributed by atoms with E-state index in [-0.39, 0.29) is 34.9 Å². The minimum absolute atomic E-state index is 0.0367. The van der Waals surface area contributed by atoms with Crippen molar-refractivity contribution >= 4 is 27.6 Å². The molecule has 0 saturated heterocycles. The van der Waals surface area contributed by atoms with Gasteiger partial charge < -0.3 is 14.6 Å². The number of nitro benzene ring substituents is 1. The highest BCUT2D eigenvalue weighted by molar-refractivity contribution is 9.09. The van der Waals surface area contributed by atoms with Gasteiger partial charge in [0.05, 0.1) is 24.2 Å². The van der Waals surface area contributed by atoms with Crippen LogP contribution in [0.1, 0.15) is 15.9 Å². The van der Waals surface area contributed by atoms with E-state index in [0.717, 1.165) is 6.07 Å². The molecule has 104 valence electrons. The van der Waals surface area contributed by atoms with Crippen molar-refractivity contribution in [2.75, 3.05) is 19.0 Å². The van der Waals surface area contributed by atoms with E-state index in [1.165, 1.54) is 14.0 Å². The van der Waals surface area contributed by atoms with Gasteiger partial charge in [-0.25, -0.2) is 4.79 Å². The Bertz CT molecular complexity index is 516. The number of methoxy groups -OCH3 is 1. The summed E-state index contributed by atoms with van der Waals surface area (Å²) in [6, 6.07) is 1.11. The molecule has 0 amide bonds. The summed E-state index contributed by atoms with van der Waals surface area (Å²) in [5.41, 5.74) is -0.338. The first-order valence-electron chi connectivity index (χ1n) is 5.22. The number of carboxylic acid groups (broad SMARTS) is 1. The Morgan fingerprint density at radius 3 is 2.63 bits per heavy atom. The molecule has 19 heavy (non-hydrogen) atoms. The van der Waals surface area contributed by atoms with Crippen LogP contribution in [0.3, 0.4) is 0 Å². The van der Waals surface area contributed by atoms with Crippen molar-refractivity contribution in [3.8, 4) is 11.5 Å². The molecule has 0 spiro atoms. The number of halogens is 1. The fourth-order valence-electron chi connectivity index (χ4n) is 1.67. The van der Waals surface area contributed by atoms with E-state index in [2.05, 4.69) is 15.9 Å². The summed E-state index contributed by atoms with van der Waals surface area (Å²) >= 11 is 3.13. The molecule has 0 aliphatic heterocycles. The summed E-state index contributed by atoms with van der Waals surface area (Å²) < 4.78 is 10.1. The van der Waals surface area contributed by atoms with E-state index in [4.69, 9.17) is 14.6 Å². The number of hydrogen-bond donors (Lipinski definition) is 1. The third kappa shape index (κ3) is 3.14. The molecule has 1 aromatic rings. The van der Waals surface area contributed by atoms with Crippen LogP contribution in [0, 0.1) is 17.0 Å². The van der Waals surface area contributed by atoms with Gasteiger partial charge in [0.25, 0.3) is 0 Å². The molecule has 8 heteroatoms. The Labute approximate surface area is 117 Å². The second-order valence-electron chi connectivity index (χ2n) is 3.53. The van der Waals surface area contributed by atoms with Crippen molar-refractivity contribution in [3.05, 3.63) is 27.3 Å².